The average Bonchev–Trinajstić information content (AvgIpc) is 3.77. The minimum Gasteiger partial charge on any atom is -0.456 e. The van der Waals surface area contributed by atoms with E-state index in [1.807, 2.05) is 12.1 Å². The number of furan rings is 2. The highest BCUT2D eigenvalue weighted by Crippen LogP contribution is 2.42. The fraction of sp³-hybridized carbons (Fsp3) is 0. The molecule has 2 heteroatoms. The van der Waals surface area contributed by atoms with Crippen LogP contribution in [0.25, 0.3) is 110 Å². The molecule has 0 saturated carbocycles. The molecule has 9 aromatic carbocycles. The van der Waals surface area contributed by atoms with E-state index in [2.05, 4.69) is 182 Å². The van der Waals surface area contributed by atoms with Crippen LogP contribution in [0.2, 0.25) is 0 Å². The van der Waals surface area contributed by atoms with Gasteiger partial charge in [-0.3, -0.25) is 0 Å². The van der Waals surface area contributed by atoms with E-state index in [1.54, 1.807) is 0 Å². The van der Waals surface area contributed by atoms with Crippen LogP contribution >= 0.6 is 0 Å². The molecule has 0 atom stereocenters. The summed E-state index contributed by atoms with van der Waals surface area (Å²) in [6, 6.07) is 69.4. The lowest BCUT2D eigenvalue weighted by Gasteiger charge is -2.14. The van der Waals surface area contributed by atoms with E-state index in [0.29, 0.717) is 0 Å². The molecule has 0 unspecified atom stereocenters. The van der Waals surface area contributed by atoms with Gasteiger partial charge >= 0.3 is 0 Å². The van der Waals surface area contributed by atoms with Crippen LogP contribution in [0, 0.1) is 0 Å². The van der Waals surface area contributed by atoms with Crippen molar-refractivity contribution in [3.05, 3.63) is 194 Å². The largest absolute Gasteiger partial charge is 0.456 e. The molecule has 0 fully saturated rings. The van der Waals surface area contributed by atoms with Gasteiger partial charge in [-0.1, -0.05) is 152 Å². The highest BCUT2D eigenvalue weighted by Gasteiger charge is 2.16. The Bertz CT molecular complexity index is 3330. The number of rotatable bonds is 3. The smallest absolute Gasteiger partial charge is 0.136 e. The molecule has 2 nitrogen and oxygen atoms in total. The number of fused-ring (bicyclic) bond motifs is 9. The molecule has 0 aliphatic carbocycles. The Morgan fingerprint density at radius 3 is 1.31 bits per heavy atom. The fourth-order valence-electron chi connectivity index (χ4n) is 8.36. The van der Waals surface area contributed by atoms with E-state index < -0.39 is 0 Å². The standard InChI is InChI=1S/C52H32O2/c1-2-7-17-43(41-20-10-8-18-39(41)37(16-6-1)33-14-4-3-5-15-33)44-26-25-38(40-19-9-11-21-42(40)44)34-24-27-50-47(28-34)48-30-36-31-51-46(29-35(36)32-52(48)54-50)45-22-12-13-23-49(45)53-51/h1-32H. The van der Waals surface area contributed by atoms with Crippen LogP contribution in [0.3, 0.4) is 0 Å². The van der Waals surface area contributed by atoms with Gasteiger partial charge in [0.1, 0.15) is 22.3 Å². The minimum atomic E-state index is 0.880. The maximum absolute atomic E-state index is 6.49. The molecule has 0 bridgehead atoms. The van der Waals surface area contributed by atoms with E-state index in [-0.39, 0.29) is 0 Å². The second kappa shape index (κ2) is 12.2. The van der Waals surface area contributed by atoms with Crippen LogP contribution in [0.4, 0.5) is 0 Å². The van der Waals surface area contributed by atoms with E-state index in [4.69, 9.17) is 8.83 Å². The summed E-state index contributed by atoms with van der Waals surface area (Å²) in [6.45, 7) is 0. The molecule has 0 N–H and O–H groups in total. The molecular weight excluding hydrogens is 657 g/mol. The van der Waals surface area contributed by atoms with Gasteiger partial charge in [0.2, 0.25) is 0 Å². The van der Waals surface area contributed by atoms with Gasteiger partial charge in [0.25, 0.3) is 0 Å². The topological polar surface area (TPSA) is 26.3 Å². The van der Waals surface area contributed by atoms with Crippen molar-refractivity contribution in [3.63, 3.8) is 0 Å². The first-order valence-electron chi connectivity index (χ1n) is 18.4. The van der Waals surface area contributed by atoms with E-state index in [9.17, 15) is 0 Å². The molecule has 11 rings (SSSR count). The highest BCUT2D eigenvalue weighted by molar-refractivity contribution is 6.16. The predicted molar refractivity (Wildman–Crippen MR) is 227 cm³/mol. The van der Waals surface area contributed by atoms with Crippen molar-refractivity contribution in [2.24, 2.45) is 0 Å². The molecule has 0 spiro atoms. The van der Waals surface area contributed by atoms with E-state index in [1.165, 1.54) is 49.4 Å². The molecule has 0 aliphatic rings. The van der Waals surface area contributed by atoms with Crippen LogP contribution in [0.15, 0.2) is 203 Å². The summed E-state index contributed by atoms with van der Waals surface area (Å²) in [6.07, 6.45) is 0. The third-order valence-electron chi connectivity index (χ3n) is 10.9. The Balaban J connectivity index is 1.10. The zero-order valence-electron chi connectivity index (χ0n) is 29.3. The van der Waals surface area contributed by atoms with E-state index >= 15 is 0 Å². The van der Waals surface area contributed by atoms with Gasteiger partial charge < -0.3 is 8.83 Å². The summed E-state index contributed by atoms with van der Waals surface area (Å²) < 4.78 is 12.7. The molecule has 0 radical (unpaired) electrons. The van der Waals surface area contributed by atoms with Crippen molar-refractivity contribution in [2.45, 2.75) is 0 Å². The molecule has 11 aromatic rings. The Morgan fingerprint density at radius 2 is 0.648 bits per heavy atom. The lowest BCUT2D eigenvalue weighted by Crippen LogP contribution is -1.87. The van der Waals surface area contributed by atoms with Crippen molar-refractivity contribution in [1.29, 1.82) is 0 Å². The molecule has 2 heterocycles. The van der Waals surface area contributed by atoms with Crippen molar-refractivity contribution in [2.75, 3.05) is 0 Å². The molecule has 2 aromatic heterocycles. The zero-order chi connectivity index (χ0) is 35.6. The molecule has 0 saturated heterocycles. The summed E-state index contributed by atoms with van der Waals surface area (Å²) >= 11 is 0. The number of para-hydroxylation sites is 1. The molecule has 252 valence electrons. The summed E-state index contributed by atoms with van der Waals surface area (Å²) in [7, 11) is 0. The highest BCUT2D eigenvalue weighted by atomic mass is 16.3. The molecule has 54 heavy (non-hydrogen) atoms. The lowest BCUT2D eigenvalue weighted by atomic mass is 9.89. The lowest BCUT2D eigenvalue weighted by molar-refractivity contribution is 0.668. The minimum absolute atomic E-state index is 0.880. The predicted octanol–water partition coefficient (Wildman–Crippen LogP) is 15.1. The Kier molecular flexibility index (Phi) is 6.90. The maximum Gasteiger partial charge on any atom is 0.136 e. The number of hydrogen-bond donors (Lipinski definition) is 0. The van der Waals surface area contributed by atoms with Gasteiger partial charge in [-0.25, -0.2) is 0 Å². The maximum atomic E-state index is 6.49. The van der Waals surface area contributed by atoms with Crippen LogP contribution in [0.5, 0.6) is 0 Å². The quantitative estimate of drug-likeness (QED) is 0.185. The van der Waals surface area contributed by atoms with Crippen LogP contribution in [-0.4, -0.2) is 0 Å². The summed E-state index contributed by atoms with van der Waals surface area (Å²) in [5, 5.41) is 11.5. The summed E-state index contributed by atoms with van der Waals surface area (Å²) in [5.74, 6) is 0. The zero-order valence-corrected chi connectivity index (χ0v) is 29.3. The Labute approximate surface area is 311 Å². The van der Waals surface area contributed by atoms with Gasteiger partial charge in [-0.15, -0.1) is 0 Å². The SMILES string of the molecule is c1ccc(-c2ccccccc(-c3ccc(-c4ccc5oc6cc7cc8c(cc7cc6c5c4)oc4ccccc48)c4ccccc34)c3ccccc23)cc1. The molecule has 0 aliphatic heterocycles. The molecular formula is C52H32O2. The van der Waals surface area contributed by atoms with Crippen molar-refractivity contribution in [3.8, 4) is 33.4 Å². The third-order valence-corrected chi connectivity index (χ3v) is 10.9. The Morgan fingerprint density at radius 1 is 0.222 bits per heavy atom. The van der Waals surface area contributed by atoms with Crippen molar-refractivity contribution >= 4 is 76.2 Å². The number of hydrogen-bond acceptors (Lipinski definition) is 2. The summed E-state index contributed by atoms with van der Waals surface area (Å²) in [4.78, 5) is 0. The third kappa shape index (κ3) is 4.88. The normalized spacial score (nSPS) is 11.7. The van der Waals surface area contributed by atoms with E-state index in [0.717, 1.165) is 60.2 Å². The number of benzene rings is 8. The van der Waals surface area contributed by atoms with Gasteiger partial charge in [0.15, 0.2) is 0 Å². The second-order valence-electron chi connectivity index (χ2n) is 14.0. The van der Waals surface area contributed by atoms with Gasteiger partial charge in [-0.2, -0.15) is 0 Å². The van der Waals surface area contributed by atoms with Crippen molar-refractivity contribution < 1.29 is 8.83 Å². The molecule has 0 amide bonds. The van der Waals surface area contributed by atoms with Gasteiger partial charge in [0, 0.05) is 21.5 Å². The van der Waals surface area contributed by atoms with Gasteiger partial charge in [0.05, 0.1) is 0 Å². The monoisotopic (exact) mass is 688 g/mol. The van der Waals surface area contributed by atoms with Crippen LogP contribution in [-0.2, 0) is 0 Å². The average molecular weight is 689 g/mol. The first kappa shape index (κ1) is 30.5. The first-order chi connectivity index (χ1) is 26.8. The van der Waals surface area contributed by atoms with Crippen LogP contribution < -0.4 is 0 Å². The Hall–Kier alpha value is -7.16. The fourth-order valence-corrected chi connectivity index (χ4v) is 8.36. The first-order valence-corrected chi connectivity index (χ1v) is 18.4. The van der Waals surface area contributed by atoms with Crippen molar-refractivity contribution in [1.82, 2.24) is 0 Å². The second-order valence-corrected chi connectivity index (χ2v) is 14.0. The van der Waals surface area contributed by atoms with Crippen LogP contribution in [0.1, 0.15) is 0 Å². The van der Waals surface area contributed by atoms with Gasteiger partial charge in [-0.05, 0) is 108 Å². The summed E-state index contributed by atoms with van der Waals surface area (Å²) in [5.41, 5.74) is 10.7.